The molecule has 0 amide bonds. The molecule has 0 spiro atoms. The number of esters is 1. The summed E-state index contributed by atoms with van der Waals surface area (Å²) in [6.45, 7) is 5.65. The highest BCUT2D eigenvalue weighted by Crippen LogP contribution is 2.32. The van der Waals surface area contributed by atoms with Crippen LogP contribution in [-0.2, 0) is 19.1 Å². The first-order valence-electron chi connectivity index (χ1n) is 8.57. The third-order valence-corrected chi connectivity index (χ3v) is 3.95. The number of ether oxygens (including phenoxy) is 3. The van der Waals surface area contributed by atoms with Gasteiger partial charge in [-0.25, -0.2) is 9.78 Å². The van der Waals surface area contributed by atoms with E-state index in [1.165, 1.54) is 27.6 Å². The van der Waals surface area contributed by atoms with Crippen LogP contribution in [0.1, 0.15) is 29.3 Å². The number of aromatic nitrogens is 1. The molecule has 0 atom stereocenters. The maximum atomic E-state index is 12.2. The number of carbonyl (C=O) groups is 1. The van der Waals surface area contributed by atoms with Crippen LogP contribution in [0.4, 0.5) is 0 Å². The second-order valence-corrected chi connectivity index (χ2v) is 5.99. The molecule has 0 aliphatic heterocycles. The predicted molar refractivity (Wildman–Crippen MR) is 106 cm³/mol. The highest BCUT2D eigenvalue weighted by Gasteiger charge is 2.19. The highest BCUT2D eigenvalue weighted by atomic mass is 16.6. The molecule has 0 fully saturated rings. The Balaban J connectivity index is 2.53. The van der Waals surface area contributed by atoms with Crippen molar-refractivity contribution in [2.45, 2.75) is 20.8 Å². The Morgan fingerprint density at radius 2 is 1.82 bits per heavy atom. The van der Waals surface area contributed by atoms with Crippen LogP contribution in [0, 0.1) is 13.8 Å². The molecule has 7 heteroatoms. The number of benzene rings is 1. The lowest BCUT2D eigenvalue weighted by Crippen LogP contribution is -2.08. The van der Waals surface area contributed by atoms with Crippen molar-refractivity contribution in [1.29, 1.82) is 0 Å². The van der Waals surface area contributed by atoms with E-state index >= 15 is 0 Å². The Labute approximate surface area is 164 Å². The van der Waals surface area contributed by atoms with Gasteiger partial charge in [0.2, 0.25) is 5.88 Å². The molecule has 0 saturated heterocycles. The lowest BCUT2D eigenvalue weighted by Gasteiger charge is -2.15. The van der Waals surface area contributed by atoms with E-state index in [0.717, 1.165) is 11.1 Å². The maximum absolute atomic E-state index is 12.2. The lowest BCUT2D eigenvalue weighted by molar-refractivity contribution is -0.133. The Morgan fingerprint density at radius 1 is 1.11 bits per heavy atom. The minimum atomic E-state index is -0.532. The van der Waals surface area contributed by atoms with Gasteiger partial charge in [0.05, 0.1) is 26.2 Å². The zero-order chi connectivity index (χ0) is 20.7. The van der Waals surface area contributed by atoms with Crippen LogP contribution >= 0.6 is 0 Å². The lowest BCUT2D eigenvalue weighted by atomic mass is 10.1. The molecule has 0 N–H and O–H groups in total. The normalized spacial score (nSPS) is 11.8. The second kappa shape index (κ2) is 9.55. The largest absolute Gasteiger partial charge is 0.503 e. The summed E-state index contributed by atoms with van der Waals surface area (Å²) in [5, 5.41) is 3.95. The summed E-state index contributed by atoms with van der Waals surface area (Å²) in [4.78, 5) is 21.6. The summed E-state index contributed by atoms with van der Waals surface area (Å²) in [6.07, 6.45) is 1.32. The van der Waals surface area contributed by atoms with Crippen LogP contribution in [0.5, 0.6) is 11.6 Å². The standard InChI is InChI=1S/C21H24N2O5/c1-13-11-14(2)20(22-19(13)15(3)23-27-6)28-18-10-8-7-9-16(18)17(12-25-4)21(24)26-5/h7-12H,1-6H3/b17-12-,23-15-. The van der Waals surface area contributed by atoms with E-state index in [0.29, 0.717) is 28.6 Å². The number of hydrogen-bond acceptors (Lipinski definition) is 7. The van der Waals surface area contributed by atoms with E-state index in [2.05, 4.69) is 10.1 Å². The predicted octanol–water partition coefficient (Wildman–Crippen LogP) is 4.02. The zero-order valence-corrected chi connectivity index (χ0v) is 16.9. The quantitative estimate of drug-likeness (QED) is 0.236. The Hall–Kier alpha value is -3.35. The molecule has 0 saturated carbocycles. The number of carbonyl (C=O) groups excluding carboxylic acids is 1. The van der Waals surface area contributed by atoms with E-state index in [-0.39, 0.29) is 5.57 Å². The first-order chi connectivity index (χ1) is 13.4. The van der Waals surface area contributed by atoms with Gasteiger partial charge >= 0.3 is 5.97 Å². The molecule has 0 radical (unpaired) electrons. The summed E-state index contributed by atoms with van der Waals surface area (Å²) in [6, 6.07) is 9.06. The molecular formula is C21H24N2O5. The van der Waals surface area contributed by atoms with Crippen molar-refractivity contribution in [2.75, 3.05) is 21.3 Å². The monoisotopic (exact) mass is 384 g/mol. The first kappa shape index (κ1) is 21.0. The van der Waals surface area contributed by atoms with E-state index in [1.807, 2.05) is 32.9 Å². The van der Waals surface area contributed by atoms with Gasteiger partial charge in [-0.2, -0.15) is 0 Å². The number of para-hydroxylation sites is 1. The number of rotatable bonds is 7. The molecule has 2 rings (SSSR count). The van der Waals surface area contributed by atoms with E-state index in [9.17, 15) is 4.79 Å². The molecule has 28 heavy (non-hydrogen) atoms. The van der Waals surface area contributed by atoms with Crippen molar-refractivity contribution in [2.24, 2.45) is 5.16 Å². The average Bonchev–Trinajstić information content (AvgIpc) is 2.68. The van der Waals surface area contributed by atoms with Gasteiger partial charge < -0.3 is 19.0 Å². The fraction of sp³-hybridized carbons (Fsp3) is 0.286. The van der Waals surface area contributed by atoms with Gasteiger partial charge in [0.25, 0.3) is 0 Å². The molecule has 2 aromatic rings. The SMILES string of the molecule is CO/C=C(\C(=O)OC)c1ccccc1Oc1nc(/C(C)=N\OC)c(C)cc1C. The minimum absolute atomic E-state index is 0.239. The van der Waals surface area contributed by atoms with Gasteiger partial charge in [0.15, 0.2) is 0 Å². The van der Waals surface area contributed by atoms with Gasteiger partial charge in [-0.15, -0.1) is 0 Å². The van der Waals surface area contributed by atoms with Crippen LogP contribution in [-0.4, -0.2) is 38.0 Å². The molecule has 0 aliphatic rings. The van der Waals surface area contributed by atoms with Crippen molar-refractivity contribution in [3.63, 3.8) is 0 Å². The van der Waals surface area contributed by atoms with Gasteiger partial charge in [0.1, 0.15) is 24.1 Å². The fourth-order valence-electron chi connectivity index (χ4n) is 2.71. The van der Waals surface area contributed by atoms with Crippen LogP contribution in [0.2, 0.25) is 0 Å². The van der Waals surface area contributed by atoms with Crippen molar-refractivity contribution >= 4 is 17.3 Å². The average molecular weight is 384 g/mol. The highest BCUT2D eigenvalue weighted by molar-refractivity contribution is 6.17. The van der Waals surface area contributed by atoms with Crippen molar-refractivity contribution in [3.8, 4) is 11.6 Å². The van der Waals surface area contributed by atoms with Gasteiger partial charge in [-0.3, -0.25) is 0 Å². The van der Waals surface area contributed by atoms with E-state index in [1.54, 1.807) is 18.2 Å². The second-order valence-electron chi connectivity index (χ2n) is 5.99. The number of aryl methyl sites for hydroxylation is 2. The summed E-state index contributed by atoms with van der Waals surface area (Å²) in [5.74, 6) is 0.318. The van der Waals surface area contributed by atoms with Gasteiger partial charge in [-0.1, -0.05) is 23.4 Å². The minimum Gasteiger partial charge on any atom is -0.503 e. The Kier molecular flexibility index (Phi) is 7.14. The molecule has 0 unspecified atom stereocenters. The topological polar surface area (TPSA) is 79.2 Å². The van der Waals surface area contributed by atoms with E-state index < -0.39 is 5.97 Å². The summed E-state index contributed by atoms with van der Waals surface area (Å²) >= 11 is 0. The Bertz CT molecular complexity index is 919. The Morgan fingerprint density at radius 3 is 2.46 bits per heavy atom. The number of methoxy groups -OCH3 is 2. The van der Waals surface area contributed by atoms with Crippen molar-refractivity contribution < 1.29 is 23.8 Å². The van der Waals surface area contributed by atoms with Crippen molar-refractivity contribution in [3.05, 3.63) is 59.0 Å². The smallest absolute Gasteiger partial charge is 0.341 e. The third-order valence-electron chi connectivity index (χ3n) is 3.95. The molecule has 1 aromatic carbocycles. The molecule has 0 aliphatic carbocycles. The van der Waals surface area contributed by atoms with Crippen LogP contribution in [0.3, 0.4) is 0 Å². The maximum Gasteiger partial charge on any atom is 0.341 e. The summed E-state index contributed by atoms with van der Waals surface area (Å²) in [7, 11) is 4.25. The third kappa shape index (κ3) is 4.68. The molecule has 1 heterocycles. The number of nitrogens with zero attached hydrogens (tertiary/aromatic N) is 2. The molecule has 7 nitrogen and oxygen atoms in total. The molecule has 1 aromatic heterocycles. The van der Waals surface area contributed by atoms with Crippen LogP contribution in [0.15, 0.2) is 41.7 Å². The van der Waals surface area contributed by atoms with E-state index in [4.69, 9.17) is 19.0 Å². The number of hydrogen-bond donors (Lipinski definition) is 0. The van der Waals surface area contributed by atoms with Gasteiger partial charge in [0, 0.05) is 11.1 Å². The van der Waals surface area contributed by atoms with Crippen molar-refractivity contribution in [1.82, 2.24) is 4.98 Å². The fourth-order valence-corrected chi connectivity index (χ4v) is 2.71. The first-order valence-corrected chi connectivity index (χ1v) is 8.57. The number of oxime groups is 1. The molecule has 148 valence electrons. The zero-order valence-electron chi connectivity index (χ0n) is 16.9. The molecule has 0 bridgehead atoms. The van der Waals surface area contributed by atoms with Crippen LogP contribution < -0.4 is 4.74 Å². The van der Waals surface area contributed by atoms with Gasteiger partial charge in [-0.05, 0) is 38.5 Å². The number of pyridine rings is 1. The van der Waals surface area contributed by atoms with Crippen LogP contribution in [0.25, 0.3) is 5.57 Å². The molecular weight excluding hydrogens is 360 g/mol. The summed E-state index contributed by atoms with van der Waals surface area (Å²) in [5.41, 5.74) is 3.86. The summed E-state index contributed by atoms with van der Waals surface area (Å²) < 4.78 is 16.0.